The maximum atomic E-state index is 15.0. The topological polar surface area (TPSA) is 213 Å². The van der Waals surface area contributed by atoms with Crippen molar-refractivity contribution in [3.8, 4) is 32.4 Å². The van der Waals surface area contributed by atoms with Crippen LogP contribution in [0.15, 0.2) is 71.7 Å². The van der Waals surface area contributed by atoms with Gasteiger partial charge in [-0.05, 0) is 77.8 Å². The number of carbonyl (C=O) groups excluding carboxylic acids is 6. The van der Waals surface area contributed by atoms with Crippen molar-refractivity contribution >= 4 is 58.1 Å². The van der Waals surface area contributed by atoms with Crippen LogP contribution in [0.1, 0.15) is 124 Å². The van der Waals surface area contributed by atoms with E-state index in [1.165, 1.54) is 21.8 Å². The summed E-state index contributed by atoms with van der Waals surface area (Å²) >= 11 is 3.13. The molecule has 6 amide bonds. The Bertz CT molecular complexity index is 3040. The van der Waals surface area contributed by atoms with Gasteiger partial charge in [0.25, 0.3) is 5.91 Å². The molecule has 2 saturated heterocycles. The molecule has 6 atom stereocenters. The minimum absolute atomic E-state index is 0.00503. The molecule has 3 aromatic carbocycles. The Morgan fingerprint density at radius 3 is 1.84 bits per heavy atom. The predicted molar refractivity (Wildman–Crippen MR) is 303 cm³/mol. The van der Waals surface area contributed by atoms with Crippen molar-refractivity contribution in [1.29, 1.82) is 0 Å². The van der Waals surface area contributed by atoms with Gasteiger partial charge in [0.15, 0.2) is 11.5 Å². The molecule has 4 N–H and O–H groups in total. The zero-order chi connectivity index (χ0) is 56.3. The van der Waals surface area contributed by atoms with E-state index in [4.69, 9.17) is 9.47 Å². The Morgan fingerprint density at radius 1 is 0.759 bits per heavy atom. The number of fused-ring (bicyclic) bond motifs is 1. The van der Waals surface area contributed by atoms with Crippen molar-refractivity contribution in [3.63, 3.8) is 0 Å². The minimum Gasteiger partial charge on any atom is -0.492 e. The maximum Gasteiger partial charge on any atom is 0.259 e. The SMILES string of the molecule is COc1c(O[C@@H]2C[C@@H](C(=O)NCc3ccc(-c4scnc4C)cc3)N(C(=O)[C@@H](NC(=O)CC3CCCCC3)C(C)(C)C)C2)ccc2c1C(=O)N([C@H](C(=O)N1C[C@H](O)C[C@H]1C(=O)NCc1ccc(-c3scnc3C)cc1)C(C)C)C2. The van der Waals surface area contributed by atoms with Crippen LogP contribution >= 0.6 is 22.7 Å². The van der Waals surface area contributed by atoms with Gasteiger partial charge in [-0.1, -0.05) is 108 Å². The monoisotopic (exact) mass is 1110 g/mol. The second-order valence-corrected chi connectivity index (χ2v) is 24.8. The number of carbonyl (C=O) groups is 6. The molecule has 1 aliphatic carbocycles. The number of amides is 6. The highest BCUT2D eigenvalue weighted by molar-refractivity contribution is 7.13. The van der Waals surface area contributed by atoms with Crippen molar-refractivity contribution in [3.05, 3.63) is 105 Å². The summed E-state index contributed by atoms with van der Waals surface area (Å²) in [6, 6.07) is 15.4. The van der Waals surface area contributed by atoms with Gasteiger partial charge in [-0.2, -0.15) is 0 Å². The molecule has 3 fully saturated rings. The second kappa shape index (κ2) is 24.3. The zero-order valence-corrected chi connectivity index (χ0v) is 48.1. The fourth-order valence-corrected chi connectivity index (χ4v) is 13.3. The number of hydrogen-bond acceptors (Lipinski definition) is 13. The highest BCUT2D eigenvalue weighted by Gasteiger charge is 2.49. The molecule has 17 nitrogen and oxygen atoms in total. The van der Waals surface area contributed by atoms with E-state index in [-0.39, 0.29) is 86.3 Å². The number of nitrogens with zero attached hydrogens (tertiary/aromatic N) is 5. The molecule has 0 bridgehead atoms. The van der Waals surface area contributed by atoms with Crippen LogP contribution in [0, 0.1) is 31.1 Å². The highest BCUT2D eigenvalue weighted by atomic mass is 32.1. The summed E-state index contributed by atoms with van der Waals surface area (Å²) in [5, 5.41) is 20.0. The van der Waals surface area contributed by atoms with Crippen LogP contribution in [0.4, 0.5) is 0 Å². The van der Waals surface area contributed by atoms with Crippen molar-refractivity contribution in [1.82, 2.24) is 40.6 Å². The lowest BCUT2D eigenvalue weighted by Gasteiger charge is -2.35. The molecule has 5 aromatic rings. The molecular weight excluding hydrogens is 1040 g/mol. The van der Waals surface area contributed by atoms with E-state index in [1.807, 2.05) is 108 Å². The first-order valence-corrected chi connectivity index (χ1v) is 29.4. The molecule has 3 aliphatic heterocycles. The zero-order valence-electron chi connectivity index (χ0n) is 46.5. The largest absolute Gasteiger partial charge is 0.492 e. The smallest absolute Gasteiger partial charge is 0.259 e. The number of hydrogen-bond donors (Lipinski definition) is 4. The Balaban J connectivity index is 0.907. The van der Waals surface area contributed by atoms with Gasteiger partial charge in [0.05, 0.1) is 57.5 Å². The van der Waals surface area contributed by atoms with Crippen LogP contribution in [0.5, 0.6) is 11.5 Å². The average molecular weight is 1120 g/mol. The number of aromatic nitrogens is 2. The fraction of sp³-hybridized carbons (Fsp3) is 0.500. The number of ether oxygens (including phenoxy) is 2. The van der Waals surface area contributed by atoms with Crippen LogP contribution < -0.4 is 25.4 Å². The number of aliphatic hydroxyl groups is 1. The summed E-state index contributed by atoms with van der Waals surface area (Å²) in [7, 11) is 1.44. The van der Waals surface area contributed by atoms with Gasteiger partial charge in [-0.25, -0.2) is 9.97 Å². The van der Waals surface area contributed by atoms with E-state index in [1.54, 1.807) is 34.8 Å². The van der Waals surface area contributed by atoms with E-state index in [2.05, 4.69) is 25.9 Å². The van der Waals surface area contributed by atoms with E-state index in [0.29, 0.717) is 12.0 Å². The van der Waals surface area contributed by atoms with Gasteiger partial charge < -0.3 is 45.2 Å². The Hall–Kier alpha value is -6.70. The molecule has 420 valence electrons. The average Bonchev–Trinajstić information content (AvgIpc) is 4.43. The van der Waals surface area contributed by atoms with Gasteiger partial charge in [0, 0.05) is 45.4 Å². The third kappa shape index (κ3) is 12.7. The van der Waals surface area contributed by atoms with Crippen LogP contribution in [-0.4, -0.2) is 122 Å². The Labute approximate surface area is 470 Å². The number of nitrogens with one attached hydrogen (secondary N) is 3. The maximum absolute atomic E-state index is 15.0. The summed E-state index contributed by atoms with van der Waals surface area (Å²) in [4.78, 5) is 102. The summed E-state index contributed by atoms with van der Waals surface area (Å²) in [5.41, 5.74) is 9.42. The first kappa shape index (κ1) is 57.0. The third-order valence-corrected chi connectivity index (χ3v) is 17.9. The summed E-state index contributed by atoms with van der Waals surface area (Å²) in [6.45, 7) is 13.8. The van der Waals surface area contributed by atoms with Crippen LogP contribution in [0.2, 0.25) is 0 Å². The van der Waals surface area contributed by atoms with Crippen LogP contribution in [0.25, 0.3) is 20.9 Å². The number of benzene rings is 3. The van der Waals surface area contributed by atoms with E-state index < -0.39 is 65.4 Å². The Morgan fingerprint density at radius 2 is 1.32 bits per heavy atom. The quantitative estimate of drug-likeness (QED) is 0.0661. The number of β-amino-alcohol motifs (C(OH)–C–C–N with tert-alkyl or cyclic N) is 1. The van der Waals surface area contributed by atoms with Gasteiger partial charge in [-0.15, -0.1) is 22.7 Å². The molecule has 2 aromatic heterocycles. The molecule has 19 heteroatoms. The number of thiazole rings is 2. The summed E-state index contributed by atoms with van der Waals surface area (Å²) < 4.78 is 12.7. The molecule has 9 rings (SSSR count). The molecule has 4 aliphatic rings. The lowest BCUT2D eigenvalue weighted by molar-refractivity contribution is -0.144. The van der Waals surface area contributed by atoms with E-state index in [0.717, 1.165) is 75.5 Å². The minimum atomic E-state index is -0.995. The lowest BCUT2D eigenvalue weighted by Crippen LogP contribution is -2.57. The molecule has 0 spiro atoms. The standard InChI is InChI=1S/C60H74N8O9S2/c1-34(2)50(58(74)66-30-43(69)25-45(66)55(71)61-27-38-14-18-40(19-15-38)52-35(3)63-32-78-52)68-29-42-22-23-47(51(76-8)49(42)57(68)73)77-44-26-46(56(72)62-28-39-16-20-41(21-17-39)53-36(4)64-33-79-53)67(31-44)59(75)54(60(5,6)7)65-48(70)24-37-12-10-9-11-13-37/h14-23,32-34,37,43-46,50,54,69H,9-13,24-31H2,1-8H3,(H,61,71)(H,62,72)(H,65,70)/t43-,44-,45+,46+,50+,54-/m1/s1. The third-order valence-electron chi connectivity index (χ3n) is 15.9. The number of likely N-dealkylation sites (tertiary alicyclic amines) is 2. The number of methoxy groups -OCH3 is 1. The summed E-state index contributed by atoms with van der Waals surface area (Å²) in [6.07, 6.45) is 4.11. The number of rotatable bonds is 18. The number of aryl methyl sites for hydroxylation is 2. The lowest BCUT2D eigenvalue weighted by atomic mass is 9.84. The molecule has 1 saturated carbocycles. The predicted octanol–water partition coefficient (Wildman–Crippen LogP) is 7.98. The van der Waals surface area contributed by atoms with Gasteiger partial charge in [0.2, 0.25) is 29.5 Å². The Kier molecular flexibility index (Phi) is 17.6. The second-order valence-electron chi connectivity index (χ2n) is 23.1. The fourth-order valence-electron chi connectivity index (χ4n) is 11.7. The van der Waals surface area contributed by atoms with Crippen molar-refractivity contribution in [2.75, 3.05) is 20.2 Å². The first-order valence-electron chi connectivity index (χ1n) is 27.6. The van der Waals surface area contributed by atoms with Crippen LogP contribution in [-0.2, 0) is 43.6 Å². The van der Waals surface area contributed by atoms with Crippen molar-refractivity contribution in [2.45, 2.75) is 156 Å². The molecule has 0 unspecified atom stereocenters. The van der Waals surface area contributed by atoms with E-state index >= 15 is 0 Å². The number of aliphatic hydroxyl groups excluding tert-OH is 1. The first-order chi connectivity index (χ1) is 37.8. The normalized spacial score (nSPS) is 20.3. The molecule has 79 heavy (non-hydrogen) atoms. The highest BCUT2D eigenvalue weighted by Crippen LogP contribution is 2.42. The van der Waals surface area contributed by atoms with Crippen LogP contribution in [0.3, 0.4) is 0 Å². The van der Waals surface area contributed by atoms with Gasteiger partial charge in [-0.3, -0.25) is 28.8 Å². The van der Waals surface area contributed by atoms with Crippen molar-refractivity contribution in [2.24, 2.45) is 17.3 Å². The molecular formula is C60H74N8O9S2. The van der Waals surface area contributed by atoms with E-state index in [9.17, 15) is 33.9 Å². The molecule has 0 radical (unpaired) electrons. The van der Waals surface area contributed by atoms with Gasteiger partial charge >= 0.3 is 0 Å². The van der Waals surface area contributed by atoms with Crippen molar-refractivity contribution < 1.29 is 43.3 Å². The summed E-state index contributed by atoms with van der Waals surface area (Å²) in [5.74, 6) is -2.03. The van der Waals surface area contributed by atoms with Gasteiger partial charge in [0.1, 0.15) is 30.3 Å². The molecule has 5 heterocycles.